The molecule has 0 atom stereocenters. The molecule has 126 valence electrons. The van der Waals surface area contributed by atoms with Crippen molar-refractivity contribution >= 4 is 23.2 Å². The molecule has 0 bridgehead atoms. The van der Waals surface area contributed by atoms with Crippen molar-refractivity contribution in [1.29, 1.82) is 0 Å². The van der Waals surface area contributed by atoms with Gasteiger partial charge in [-0.05, 0) is 38.1 Å². The normalized spacial score (nSPS) is 10.5. The number of rotatable bonds is 4. The standard InChI is InChI=1S/C18H17N5O2/c1-11-6-8-15(9-7-11)23-17(19)16(21-22-23)18(25)20-14-5-3-4-13(10-14)12(2)24/h3-10H,19H2,1-2H3,(H,20,25). The van der Waals surface area contributed by atoms with E-state index in [0.29, 0.717) is 16.9 Å². The molecule has 0 radical (unpaired) electrons. The molecule has 3 rings (SSSR count). The summed E-state index contributed by atoms with van der Waals surface area (Å²) in [6.07, 6.45) is 0. The number of anilines is 2. The molecule has 25 heavy (non-hydrogen) atoms. The molecule has 0 unspecified atom stereocenters. The van der Waals surface area contributed by atoms with Crippen LogP contribution in [-0.2, 0) is 0 Å². The molecule has 1 amide bonds. The van der Waals surface area contributed by atoms with Gasteiger partial charge in [0.1, 0.15) is 0 Å². The molecule has 1 aromatic heterocycles. The van der Waals surface area contributed by atoms with E-state index in [2.05, 4.69) is 15.6 Å². The number of amides is 1. The maximum Gasteiger partial charge on any atom is 0.280 e. The second-order valence-electron chi connectivity index (χ2n) is 5.66. The van der Waals surface area contributed by atoms with Crippen molar-refractivity contribution in [3.8, 4) is 5.69 Å². The van der Waals surface area contributed by atoms with Crippen molar-refractivity contribution in [3.63, 3.8) is 0 Å². The van der Waals surface area contributed by atoms with Crippen LogP contribution in [0.5, 0.6) is 0 Å². The van der Waals surface area contributed by atoms with Crippen LogP contribution in [-0.4, -0.2) is 26.7 Å². The summed E-state index contributed by atoms with van der Waals surface area (Å²) in [6, 6.07) is 14.2. The number of nitrogens with two attached hydrogens (primary N) is 1. The summed E-state index contributed by atoms with van der Waals surface area (Å²) in [6.45, 7) is 3.44. The first-order valence-electron chi connectivity index (χ1n) is 7.66. The van der Waals surface area contributed by atoms with Crippen molar-refractivity contribution in [2.75, 3.05) is 11.1 Å². The molecule has 7 nitrogen and oxygen atoms in total. The zero-order valence-electron chi connectivity index (χ0n) is 13.9. The maximum absolute atomic E-state index is 12.4. The summed E-state index contributed by atoms with van der Waals surface area (Å²) in [4.78, 5) is 23.9. The van der Waals surface area contributed by atoms with Gasteiger partial charge in [-0.2, -0.15) is 4.68 Å². The lowest BCUT2D eigenvalue weighted by Crippen LogP contribution is -2.15. The summed E-state index contributed by atoms with van der Waals surface area (Å²) >= 11 is 0. The number of nitrogens with zero attached hydrogens (tertiary/aromatic N) is 3. The number of Topliss-reactive ketones (excluding diaryl/α,β-unsaturated/α-hetero) is 1. The minimum atomic E-state index is -0.489. The van der Waals surface area contributed by atoms with Crippen LogP contribution >= 0.6 is 0 Å². The summed E-state index contributed by atoms with van der Waals surface area (Å²) in [5.41, 5.74) is 8.87. The Morgan fingerprint density at radius 1 is 1.12 bits per heavy atom. The molecule has 0 saturated carbocycles. The zero-order chi connectivity index (χ0) is 18.0. The Kier molecular flexibility index (Phi) is 4.30. The summed E-state index contributed by atoms with van der Waals surface area (Å²) in [5.74, 6) is -0.429. The van der Waals surface area contributed by atoms with E-state index in [4.69, 9.17) is 5.73 Å². The van der Waals surface area contributed by atoms with Crippen molar-refractivity contribution in [3.05, 3.63) is 65.4 Å². The van der Waals surface area contributed by atoms with E-state index < -0.39 is 5.91 Å². The number of hydrogen-bond donors (Lipinski definition) is 2. The number of aromatic nitrogens is 3. The second kappa shape index (κ2) is 6.56. The topological polar surface area (TPSA) is 103 Å². The molecule has 0 spiro atoms. The third kappa shape index (κ3) is 3.40. The van der Waals surface area contributed by atoms with Gasteiger partial charge in [-0.25, -0.2) is 0 Å². The van der Waals surface area contributed by atoms with Gasteiger partial charge in [0.15, 0.2) is 17.3 Å². The molecular weight excluding hydrogens is 318 g/mol. The first kappa shape index (κ1) is 16.4. The van der Waals surface area contributed by atoms with Crippen LogP contribution in [0.25, 0.3) is 5.69 Å². The van der Waals surface area contributed by atoms with Crippen LogP contribution in [0, 0.1) is 6.92 Å². The van der Waals surface area contributed by atoms with E-state index in [1.54, 1.807) is 24.3 Å². The van der Waals surface area contributed by atoms with Crippen molar-refractivity contribution in [2.24, 2.45) is 0 Å². The van der Waals surface area contributed by atoms with Gasteiger partial charge in [0.2, 0.25) is 0 Å². The second-order valence-corrected chi connectivity index (χ2v) is 5.66. The number of benzene rings is 2. The molecule has 0 aliphatic carbocycles. The summed E-state index contributed by atoms with van der Waals surface area (Å²) in [5, 5.41) is 10.5. The average molecular weight is 335 g/mol. The van der Waals surface area contributed by atoms with Gasteiger partial charge in [0.05, 0.1) is 5.69 Å². The highest BCUT2D eigenvalue weighted by Gasteiger charge is 2.18. The Bertz CT molecular complexity index is 944. The highest BCUT2D eigenvalue weighted by Crippen LogP contribution is 2.18. The maximum atomic E-state index is 12.4. The van der Waals surface area contributed by atoms with Gasteiger partial charge < -0.3 is 11.1 Å². The average Bonchev–Trinajstić information content (AvgIpc) is 2.97. The van der Waals surface area contributed by atoms with Crippen molar-refractivity contribution in [1.82, 2.24) is 15.0 Å². The fourth-order valence-corrected chi connectivity index (χ4v) is 2.33. The molecular formula is C18H17N5O2. The van der Waals surface area contributed by atoms with Crippen LogP contribution < -0.4 is 11.1 Å². The van der Waals surface area contributed by atoms with Gasteiger partial charge in [-0.15, -0.1) is 5.10 Å². The number of nitrogen functional groups attached to an aromatic ring is 1. The monoisotopic (exact) mass is 335 g/mol. The first-order chi connectivity index (χ1) is 12.0. The number of carbonyl (C=O) groups is 2. The predicted octanol–water partition coefficient (Wildman–Crippen LogP) is 2.61. The number of aryl methyl sites for hydroxylation is 1. The van der Waals surface area contributed by atoms with E-state index in [1.165, 1.54) is 11.6 Å². The predicted molar refractivity (Wildman–Crippen MR) is 94.9 cm³/mol. The number of hydrogen-bond acceptors (Lipinski definition) is 5. The summed E-state index contributed by atoms with van der Waals surface area (Å²) < 4.78 is 1.40. The molecule has 0 saturated heterocycles. The van der Waals surface area contributed by atoms with Gasteiger partial charge in [0, 0.05) is 11.3 Å². The first-order valence-corrected chi connectivity index (χ1v) is 7.66. The highest BCUT2D eigenvalue weighted by atomic mass is 16.2. The molecule has 0 fully saturated rings. The molecule has 3 N–H and O–H groups in total. The Morgan fingerprint density at radius 2 is 1.84 bits per heavy atom. The summed E-state index contributed by atoms with van der Waals surface area (Å²) in [7, 11) is 0. The van der Waals surface area contributed by atoms with Crippen LogP contribution in [0.3, 0.4) is 0 Å². The van der Waals surface area contributed by atoms with Gasteiger partial charge in [-0.1, -0.05) is 35.0 Å². The van der Waals surface area contributed by atoms with Gasteiger partial charge in [0.25, 0.3) is 5.91 Å². The van der Waals surface area contributed by atoms with Crippen LogP contribution in [0.1, 0.15) is 33.3 Å². The SMILES string of the molecule is CC(=O)c1cccc(NC(=O)c2nnn(-c3ccc(C)cc3)c2N)c1. The third-order valence-electron chi connectivity index (χ3n) is 3.73. The minimum Gasteiger partial charge on any atom is -0.382 e. The van der Waals surface area contributed by atoms with E-state index in [-0.39, 0.29) is 17.3 Å². The number of nitrogens with one attached hydrogen (secondary N) is 1. The van der Waals surface area contributed by atoms with Crippen molar-refractivity contribution in [2.45, 2.75) is 13.8 Å². The fourth-order valence-electron chi connectivity index (χ4n) is 2.33. The van der Waals surface area contributed by atoms with E-state index in [0.717, 1.165) is 5.56 Å². The number of carbonyl (C=O) groups excluding carboxylic acids is 2. The molecule has 2 aromatic carbocycles. The van der Waals surface area contributed by atoms with Crippen LogP contribution in [0.2, 0.25) is 0 Å². The lowest BCUT2D eigenvalue weighted by atomic mass is 10.1. The van der Waals surface area contributed by atoms with Gasteiger partial charge in [-0.3, -0.25) is 9.59 Å². The Balaban J connectivity index is 1.85. The fraction of sp³-hybridized carbons (Fsp3) is 0.111. The molecule has 7 heteroatoms. The lowest BCUT2D eigenvalue weighted by molar-refractivity contribution is 0.100. The largest absolute Gasteiger partial charge is 0.382 e. The molecule has 1 heterocycles. The van der Waals surface area contributed by atoms with E-state index >= 15 is 0 Å². The van der Waals surface area contributed by atoms with Gasteiger partial charge >= 0.3 is 0 Å². The smallest absolute Gasteiger partial charge is 0.280 e. The van der Waals surface area contributed by atoms with E-state index in [1.807, 2.05) is 31.2 Å². The highest BCUT2D eigenvalue weighted by molar-refractivity contribution is 6.06. The Labute approximate surface area is 144 Å². The van der Waals surface area contributed by atoms with Crippen LogP contribution in [0.15, 0.2) is 48.5 Å². The molecule has 0 aliphatic rings. The Morgan fingerprint density at radius 3 is 2.52 bits per heavy atom. The third-order valence-corrected chi connectivity index (χ3v) is 3.73. The minimum absolute atomic E-state index is 0.0220. The molecule has 0 aliphatic heterocycles. The van der Waals surface area contributed by atoms with Crippen LogP contribution in [0.4, 0.5) is 11.5 Å². The zero-order valence-corrected chi connectivity index (χ0v) is 13.9. The van der Waals surface area contributed by atoms with Crippen molar-refractivity contribution < 1.29 is 9.59 Å². The van der Waals surface area contributed by atoms with E-state index in [9.17, 15) is 9.59 Å². The lowest BCUT2D eigenvalue weighted by Gasteiger charge is -2.06. The molecule has 3 aromatic rings. The number of ketones is 1. The quantitative estimate of drug-likeness (QED) is 0.713. The Hall–Kier alpha value is -3.48.